The second-order valence-corrected chi connectivity index (χ2v) is 6.53. The number of hydrogen-bond acceptors (Lipinski definition) is 1. The molecule has 106 valence electrons. The lowest BCUT2D eigenvalue weighted by atomic mass is 9.72. The van der Waals surface area contributed by atoms with Crippen molar-refractivity contribution in [3.63, 3.8) is 0 Å². The lowest BCUT2D eigenvalue weighted by Crippen LogP contribution is -2.28. The third kappa shape index (κ3) is 2.12. The number of hydrogen-bond donors (Lipinski definition) is 0. The number of Topliss-reactive ketones (excluding diaryl/α,β-unsaturated/α-hetero) is 1. The minimum absolute atomic E-state index is 0.188. The van der Waals surface area contributed by atoms with Crippen LogP contribution in [0, 0.1) is 17.8 Å². The average molecular weight is 276 g/mol. The molecule has 0 saturated heterocycles. The molecule has 1 heteroatoms. The Bertz CT molecular complexity index is 631. The van der Waals surface area contributed by atoms with Gasteiger partial charge in [0.1, 0.15) is 0 Å². The smallest absolute Gasteiger partial charge is 0.166 e. The van der Waals surface area contributed by atoms with Gasteiger partial charge in [-0.05, 0) is 42.6 Å². The number of fused-ring (bicyclic) bond motifs is 2. The summed E-state index contributed by atoms with van der Waals surface area (Å²) >= 11 is 0. The zero-order valence-electron chi connectivity index (χ0n) is 12.1. The molecular weight excluding hydrogens is 256 g/mol. The Morgan fingerprint density at radius 1 is 0.810 bits per heavy atom. The minimum atomic E-state index is 0.188. The highest BCUT2D eigenvalue weighted by Gasteiger charge is 2.50. The van der Waals surface area contributed by atoms with Crippen LogP contribution in [0.3, 0.4) is 0 Å². The van der Waals surface area contributed by atoms with E-state index in [1.54, 1.807) is 0 Å². The predicted octanol–water partition coefficient (Wildman–Crippen LogP) is 4.70. The van der Waals surface area contributed by atoms with Crippen molar-refractivity contribution in [2.45, 2.75) is 25.2 Å². The molecule has 0 spiro atoms. The largest absolute Gasteiger partial charge is 0.294 e. The van der Waals surface area contributed by atoms with Crippen LogP contribution in [0.15, 0.2) is 60.7 Å². The summed E-state index contributed by atoms with van der Waals surface area (Å²) in [5, 5.41) is 0. The van der Waals surface area contributed by atoms with Gasteiger partial charge in [0.05, 0.1) is 0 Å². The van der Waals surface area contributed by atoms with E-state index in [9.17, 15) is 4.79 Å². The van der Waals surface area contributed by atoms with Gasteiger partial charge in [0.25, 0.3) is 0 Å². The van der Waals surface area contributed by atoms with Crippen LogP contribution in [-0.2, 0) is 0 Å². The summed E-state index contributed by atoms with van der Waals surface area (Å²) in [5.74, 6) is 2.27. The predicted molar refractivity (Wildman–Crippen MR) is 84.3 cm³/mol. The standard InChI is InChI=1S/C20H20O/c21-20(15-9-5-2-6-10-15)19-17-12-11-16(13-17)18(19)14-7-3-1-4-8-14/h1-10,16-19H,11-13H2/t16-,17+,18+,19-/m1/s1. The first-order valence-corrected chi connectivity index (χ1v) is 7.99. The highest BCUT2D eigenvalue weighted by molar-refractivity contribution is 5.99. The van der Waals surface area contributed by atoms with E-state index < -0.39 is 0 Å². The zero-order chi connectivity index (χ0) is 14.2. The zero-order valence-corrected chi connectivity index (χ0v) is 12.1. The summed E-state index contributed by atoms with van der Waals surface area (Å²) in [7, 11) is 0. The highest BCUT2D eigenvalue weighted by Crippen LogP contribution is 2.57. The van der Waals surface area contributed by atoms with Crippen molar-refractivity contribution in [2.75, 3.05) is 0 Å². The van der Waals surface area contributed by atoms with Gasteiger partial charge in [-0.15, -0.1) is 0 Å². The van der Waals surface area contributed by atoms with Gasteiger partial charge in [0, 0.05) is 11.5 Å². The first-order valence-electron chi connectivity index (χ1n) is 7.99. The fourth-order valence-electron chi connectivity index (χ4n) is 4.62. The van der Waals surface area contributed by atoms with Crippen LogP contribution in [0.1, 0.15) is 41.1 Å². The lowest BCUT2D eigenvalue weighted by Gasteiger charge is -2.30. The minimum Gasteiger partial charge on any atom is -0.294 e. The molecular formula is C20H20O. The number of ketones is 1. The third-order valence-electron chi connectivity index (χ3n) is 5.46. The number of rotatable bonds is 3. The second-order valence-electron chi connectivity index (χ2n) is 6.53. The van der Waals surface area contributed by atoms with Crippen molar-refractivity contribution < 1.29 is 4.79 Å². The first-order chi connectivity index (χ1) is 10.3. The maximum absolute atomic E-state index is 13.0. The van der Waals surface area contributed by atoms with Gasteiger partial charge in [-0.1, -0.05) is 60.7 Å². The van der Waals surface area contributed by atoms with Gasteiger partial charge in [0.15, 0.2) is 5.78 Å². The van der Waals surface area contributed by atoms with Crippen molar-refractivity contribution in [3.05, 3.63) is 71.8 Å². The van der Waals surface area contributed by atoms with E-state index in [-0.39, 0.29) is 5.92 Å². The molecule has 2 fully saturated rings. The lowest BCUT2D eigenvalue weighted by molar-refractivity contribution is 0.0853. The maximum Gasteiger partial charge on any atom is 0.166 e. The third-order valence-corrected chi connectivity index (χ3v) is 5.46. The molecule has 2 aliphatic carbocycles. The molecule has 2 aromatic carbocycles. The molecule has 2 bridgehead atoms. The van der Waals surface area contributed by atoms with Crippen LogP contribution >= 0.6 is 0 Å². The molecule has 1 nitrogen and oxygen atoms in total. The van der Waals surface area contributed by atoms with E-state index in [0.29, 0.717) is 23.5 Å². The van der Waals surface area contributed by atoms with Crippen LogP contribution < -0.4 is 0 Å². The maximum atomic E-state index is 13.0. The molecule has 0 radical (unpaired) electrons. The summed E-state index contributed by atoms with van der Waals surface area (Å²) in [5.41, 5.74) is 2.25. The Hall–Kier alpha value is -1.89. The fraction of sp³-hybridized carbons (Fsp3) is 0.350. The van der Waals surface area contributed by atoms with E-state index in [4.69, 9.17) is 0 Å². The number of carbonyl (C=O) groups is 1. The van der Waals surface area contributed by atoms with Crippen LogP contribution in [0.4, 0.5) is 0 Å². The molecule has 2 aromatic rings. The average Bonchev–Trinajstić information content (AvgIpc) is 3.17. The SMILES string of the molecule is O=C(c1ccccc1)[C@@H]1[C@H]2CC[C@H](C2)[C@@H]1c1ccccc1. The number of benzene rings is 2. The van der Waals surface area contributed by atoms with Crippen LogP contribution in [0.5, 0.6) is 0 Å². The molecule has 2 saturated carbocycles. The molecule has 0 heterocycles. The van der Waals surface area contributed by atoms with Crippen molar-refractivity contribution in [3.8, 4) is 0 Å². The van der Waals surface area contributed by atoms with E-state index in [2.05, 4.69) is 30.3 Å². The molecule has 4 rings (SSSR count). The van der Waals surface area contributed by atoms with Gasteiger partial charge < -0.3 is 0 Å². The molecule has 0 N–H and O–H groups in total. The van der Waals surface area contributed by atoms with Crippen molar-refractivity contribution in [2.24, 2.45) is 17.8 Å². The fourth-order valence-corrected chi connectivity index (χ4v) is 4.62. The molecule has 2 aliphatic rings. The van der Waals surface area contributed by atoms with Gasteiger partial charge in [0.2, 0.25) is 0 Å². The van der Waals surface area contributed by atoms with Gasteiger partial charge in [-0.2, -0.15) is 0 Å². The van der Waals surface area contributed by atoms with E-state index in [1.165, 1.54) is 24.8 Å². The van der Waals surface area contributed by atoms with Crippen LogP contribution in [0.25, 0.3) is 0 Å². The Morgan fingerprint density at radius 3 is 2.14 bits per heavy atom. The summed E-state index contributed by atoms with van der Waals surface area (Å²) in [6.45, 7) is 0. The monoisotopic (exact) mass is 276 g/mol. The Labute approximate surface area is 126 Å². The van der Waals surface area contributed by atoms with Gasteiger partial charge in [-0.3, -0.25) is 4.79 Å². The molecule has 0 aliphatic heterocycles. The second kappa shape index (κ2) is 5.14. The molecule has 0 aromatic heterocycles. The van der Waals surface area contributed by atoms with Gasteiger partial charge >= 0.3 is 0 Å². The van der Waals surface area contributed by atoms with Crippen molar-refractivity contribution in [1.29, 1.82) is 0 Å². The van der Waals surface area contributed by atoms with E-state index in [1.807, 2.05) is 30.3 Å². The topological polar surface area (TPSA) is 17.1 Å². The van der Waals surface area contributed by atoms with Crippen molar-refractivity contribution in [1.82, 2.24) is 0 Å². The quantitative estimate of drug-likeness (QED) is 0.743. The summed E-state index contributed by atoms with van der Waals surface area (Å²) in [6.07, 6.45) is 3.77. The van der Waals surface area contributed by atoms with E-state index in [0.717, 1.165) is 5.56 Å². The number of carbonyl (C=O) groups excluding carboxylic acids is 1. The Balaban J connectivity index is 1.71. The molecule has 0 amide bonds. The Kier molecular flexibility index (Phi) is 3.14. The summed E-state index contributed by atoms with van der Waals surface area (Å²) in [6, 6.07) is 20.5. The normalized spacial score (nSPS) is 30.5. The Morgan fingerprint density at radius 2 is 1.43 bits per heavy atom. The van der Waals surface area contributed by atoms with Crippen molar-refractivity contribution >= 4 is 5.78 Å². The van der Waals surface area contributed by atoms with E-state index >= 15 is 0 Å². The molecule has 0 unspecified atom stereocenters. The summed E-state index contributed by atoms with van der Waals surface area (Å²) in [4.78, 5) is 13.0. The summed E-state index contributed by atoms with van der Waals surface area (Å²) < 4.78 is 0. The van der Waals surface area contributed by atoms with Crippen LogP contribution in [0.2, 0.25) is 0 Å². The molecule has 21 heavy (non-hydrogen) atoms. The first kappa shape index (κ1) is 12.8. The van der Waals surface area contributed by atoms with Crippen LogP contribution in [-0.4, -0.2) is 5.78 Å². The highest BCUT2D eigenvalue weighted by atomic mass is 16.1. The van der Waals surface area contributed by atoms with Gasteiger partial charge in [-0.25, -0.2) is 0 Å². The molecule has 4 atom stereocenters.